The predicted octanol–water partition coefficient (Wildman–Crippen LogP) is 4.68. The van der Waals surface area contributed by atoms with Crippen LogP contribution >= 0.6 is 0 Å². The number of fused-ring (bicyclic) bond motifs is 1. The van der Waals surface area contributed by atoms with Crippen molar-refractivity contribution in [3.05, 3.63) is 59.2 Å². The third-order valence-corrected chi connectivity index (χ3v) is 4.97. The fraction of sp³-hybridized carbons (Fsp3) is 0.435. The van der Waals surface area contributed by atoms with E-state index in [1.54, 1.807) is 14.2 Å². The third kappa shape index (κ3) is 4.41. The topological polar surface area (TPSA) is 56.8 Å². The van der Waals surface area contributed by atoms with Crippen molar-refractivity contribution in [2.45, 2.75) is 51.2 Å². The molecule has 0 saturated heterocycles. The van der Waals surface area contributed by atoms with E-state index in [1.165, 1.54) is 5.56 Å². The van der Waals surface area contributed by atoms with Crippen LogP contribution in [0.3, 0.4) is 0 Å². The van der Waals surface area contributed by atoms with Crippen LogP contribution in [0.1, 0.15) is 49.8 Å². The maximum atomic E-state index is 12.5. The van der Waals surface area contributed by atoms with E-state index in [9.17, 15) is 4.79 Å². The minimum atomic E-state index is -0.532. The molecule has 3 rings (SSSR count). The Labute approximate surface area is 167 Å². The van der Waals surface area contributed by atoms with E-state index in [4.69, 9.17) is 14.2 Å². The molecule has 0 bridgehead atoms. The highest BCUT2D eigenvalue weighted by Crippen LogP contribution is 2.42. The molecule has 0 radical (unpaired) electrons. The van der Waals surface area contributed by atoms with Crippen LogP contribution in [0, 0.1) is 0 Å². The standard InChI is InChI=1S/C23H29NO4/c1-23(2,3)28-22(25)24-18-12-11-16-13-19(26-4)20(27-5)14-17(16)21(18)15-9-7-6-8-10-15/h6-10,13-14,18,21H,11-12H2,1-5H3,(H,24,25)/t18-,21-/m1/s1. The van der Waals surface area contributed by atoms with Crippen LogP contribution in [0.25, 0.3) is 0 Å². The lowest BCUT2D eigenvalue weighted by atomic mass is 9.75. The van der Waals surface area contributed by atoms with E-state index in [2.05, 4.69) is 17.4 Å². The predicted molar refractivity (Wildman–Crippen MR) is 109 cm³/mol. The molecule has 2 atom stereocenters. The third-order valence-electron chi connectivity index (χ3n) is 4.97. The Balaban J connectivity index is 2.00. The summed E-state index contributed by atoms with van der Waals surface area (Å²) in [4.78, 5) is 12.5. The molecule has 1 N–H and O–H groups in total. The maximum absolute atomic E-state index is 12.5. The van der Waals surface area contributed by atoms with Crippen molar-refractivity contribution in [2.75, 3.05) is 14.2 Å². The Bertz CT molecular complexity index is 826. The largest absolute Gasteiger partial charge is 0.493 e. The van der Waals surface area contributed by atoms with Gasteiger partial charge in [0.25, 0.3) is 0 Å². The molecule has 0 saturated carbocycles. The monoisotopic (exact) mass is 383 g/mol. The number of amides is 1. The number of alkyl carbamates (subject to hydrolysis) is 1. The number of methoxy groups -OCH3 is 2. The van der Waals surface area contributed by atoms with Crippen LogP contribution in [0.4, 0.5) is 4.79 Å². The Hall–Kier alpha value is -2.69. The summed E-state index contributed by atoms with van der Waals surface area (Å²) in [6.45, 7) is 5.61. The first-order chi connectivity index (χ1) is 13.3. The van der Waals surface area contributed by atoms with E-state index < -0.39 is 5.60 Å². The van der Waals surface area contributed by atoms with Gasteiger partial charge in [-0.3, -0.25) is 0 Å². The molecule has 5 heteroatoms. The van der Waals surface area contributed by atoms with Crippen molar-refractivity contribution in [1.82, 2.24) is 5.32 Å². The molecule has 1 amide bonds. The molecule has 1 aliphatic rings. The van der Waals surface area contributed by atoms with Crippen LogP contribution in [-0.4, -0.2) is 32.0 Å². The van der Waals surface area contributed by atoms with E-state index in [0.717, 1.165) is 29.7 Å². The Morgan fingerprint density at radius 2 is 1.68 bits per heavy atom. The number of ether oxygens (including phenoxy) is 3. The number of aryl methyl sites for hydroxylation is 1. The first-order valence-electron chi connectivity index (χ1n) is 9.61. The van der Waals surface area contributed by atoms with Crippen molar-refractivity contribution in [2.24, 2.45) is 0 Å². The summed E-state index contributed by atoms with van der Waals surface area (Å²) >= 11 is 0. The molecule has 0 fully saturated rings. The Kier molecular flexibility index (Phi) is 5.82. The van der Waals surface area contributed by atoms with Crippen molar-refractivity contribution in [3.63, 3.8) is 0 Å². The summed E-state index contributed by atoms with van der Waals surface area (Å²) in [6.07, 6.45) is 1.28. The highest BCUT2D eigenvalue weighted by Gasteiger charge is 2.34. The lowest BCUT2D eigenvalue weighted by molar-refractivity contribution is 0.0495. The summed E-state index contributed by atoms with van der Waals surface area (Å²) < 4.78 is 16.5. The number of hydrogen-bond acceptors (Lipinski definition) is 4. The smallest absolute Gasteiger partial charge is 0.407 e. The van der Waals surface area contributed by atoms with Crippen LogP contribution in [0.2, 0.25) is 0 Å². The normalized spacial score (nSPS) is 18.8. The van der Waals surface area contributed by atoms with Gasteiger partial charge in [0.15, 0.2) is 11.5 Å². The molecule has 5 nitrogen and oxygen atoms in total. The fourth-order valence-corrected chi connectivity index (χ4v) is 3.82. The van der Waals surface area contributed by atoms with Gasteiger partial charge in [-0.25, -0.2) is 4.79 Å². The van der Waals surface area contributed by atoms with Gasteiger partial charge in [-0.15, -0.1) is 0 Å². The Morgan fingerprint density at radius 1 is 1.04 bits per heavy atom. The zero-order valence-corrected chi connectivity index (χ0v) is 17.2. The molecule has 2 aromatic rings. The quantitative estimate of drug-likeness (QED) is 0.833. The van der Waals surface area contributed by atoms with Crippen molar-refractivity contribution < 1.29 is 19.0 Å². The van der Waals surface area contributed by atoms with Crippen LogP contribution in [0.15, 0.2) is 42.5 Å². The molecule has 150 valence electrons. The Morgan fingerprint density at radius 3 is 2.29 bits per heavy atom. The summed E-state index contributed by atoms with van der Waals surface area (Å²) in [7, 11) is 3.29. The van der Waals surface area contributed by atoms with E-state index in [-0.39, 0.29) is 18.1 Å². The van der Waals surface area contributed by atoms with Gasteiger partial charge in [0.2, 0.25) is 0 Å². The van der Waals surface area contributed by atoms with Gasteiger partial charge >= 0.3 is 6.09 Å². The van der Waals surface area contributed by atoms with Crippen LogP contribution < -0.4 is 14.8 Å². The minimum absolute atomic E-state index is 0.0114. The number of nitrogens with one attached hydrogen (secondary N) is 1. The summed E-state index contributed by atoms with van der Waals surface area (Å²) in [5.74, 6) is 1.43. The van der Waals surface area contributed by atoms with Crippen molar-refractivity contribution in [1.29, 1.82) is 0 Å². The van der Waals surface area contributed by atoms with E-state index in [1.807, 2.05) is 51.1 Å². The van der Waals surface area contributed by atoms with E-state index >= 15 is 0 Å². The van der Waals surface area contributed by atoms with Crippen molar-refractivity contribution in [3.8, 4) is 11.5 Å². The highest BCUT2D eigenvalue weighted by molar-refractivity contribution is 5.69. The van der Waals surface area contributed by atoms with Crippen LogP contribution in [-0.2, 0) is 11.2 Å². The average molecular weight is 383 g/mol. The molecule has 0 aliphatic heterocycles. The number of carbonyl (C=O) groups excluding carboxylic acids is 1. The molecule has 1 aliphatic carbocycles. The number of hydrogen-bond donors (Lipinski definition) is 1. The van der Waals surface area contributed by atoms with Gasteiger partial charge in [-0.05, 0) is 62.4 Å². The number of benzene rings is 2. The second-order valence-electron chi connectivity index (χ2n) is 8.09. The van der Waals surface area contributed by atoms with Gasteiger partial charge in [0, 0.05) is 12.0 Å². The maximum Gasteiger partial charge on any atom is 0.407 e. The summed E-state index contributed by atoms with van der Waals surface area (Å²) in [5.41, 5.74) is 2.98. The lowest BCUT2D eigenvalue weighted by Gasteiger charge is -2.35. The lowest BCUT2D eigenvalue weighted by Crippen LogP contribution is -2.44. The van der Waals surface area contributed by atoms with Gasteiger partial charge in [0.05, 0.1) is 14.2 Å². The fourth-order valence-electron chi connectivity index (χ4n) is 3.82. The summed E-state index contributed by atoms with van der Waals surface area (Å²) in [5, 5.41) is 3.10. The minimum Gasteiger partial charge on any atom is -0.493 e. The first kappa shape index (κ1) is 20.1. The molecule has 28 heavy (non-hydrogen) atoms. The van der Waals surface area contributed by atoms with Crippen LogP contribution in [0.5, 0.6) is 11.5 Å². The van der Waals surface area contributed by atoms with Gasteiger partial charge in [-0.2, -0.15) is 0 Å². The second kappa shape index (κ2) is 8.13. The molecular formula is C23H29NO4. The van der Waals surface area contributed by atoms with Crippen molar-refractivity contribution >= 4 is 6.09 Å². The molecule has 0 aromatic heterocycles. The highest BCUT2D eigenvalue weighted by atomic mass is 16.6. The molecule has 0 unspecified atom stereocenters. The molecular weight excluding hydrogens is 354 g/mol. The summed E-state index contributed by atoms with van der Waals surface area (Å²) in [6, 6.07) is 14.3. The number of rotatable bonds is 4. The average Bonchev–Trinajstić information content (AvgIpc) is 2.65. The zero-order chi connectivity index (χ0) is 20.3. The van der Waals surface area contributed by atoms with Gasteiger partial charge < -0.3 is 19.5 Å². The van der Waals surface area contributed by atoms with E-state index in [0.29, 0.717) is 5.75 Å². The number of carbonyl (C=O) groups is 1. The SMILES string of the molecule is COc1cc2c(cc1OC)[C@@H](c1ccccc1)[C@H](NC(=O)OC(C)(C)C)CC2. The first-order valence-corrected chi connectivity index (χ1v) is 9.61. The van der Waals surface area contributed by atoms with Gasteiger partial charge in [-0.1, -0.05) is 30.3 Å². The zero-order valence-electron chi connectivity index (χ0n) is 17.2. The second-order valence-corrected chi connectivity index (χ2v) is 8.09. The molecule has 0 heterocycles. The van der Waals surface area contributed by atoms with Gasteiger partial charge in [0.1, 0.15) is 5.60 Å². The molecule has 0 spiro atoms. The molecule has 2 aromatic carbocycles.